The van der Waals surface area contributed by atoms with Gasteiger partial charge in [0.1, 0.15) is 23.7 Å². The van der Waals surface area contributed by atoms with Crippen LogP contribution in [0.15, 0.2) is 101 Å². The highest BCUT2D eigenvalue weighted by Gasteiger charge is 2.32. The first-order chi connectivity index (χ1) is 18.4. The van der Waals surface area contributed by atoms with Crippen molar-refractivity contribution in [3.8, 4) is 0 Å². The zero-order valence-corrected chi connectivity index (χ0v) is 22.8. The highest BCUT2D eigenvalue weighted by molar-refractivity contribution is 9.10. The Morgan fingerprint density at radius 1 is 1.21 bits per heavy atom. The first kappa shape index (κ1) is 25.7. The van der Waals surface area contributed by atoms with Gasteiger partial charge in [0.15, 0.2) is 0 Å². The minimum Gasteiger partial charge on any atom is -0.330 e. The molecule has 0 N–H and O–H groups in total. The van der Waals surface area contributed by atoms with Gasteiger partial charge in [0.05, 0.1) is 11.7 Å². The lowest BCUT2D eigenvalue weighted by Gasteiger charge is -2.36. The molecule has 2 aliphatic rings. The molecule has 1 unspecified atom stereocenters. The number of aliphatic imine (C=N–C) groups is 1. The number of halogens is 2. The van der Waals surface area contributed by atoms with Crippen molar-refractivity contribution >= 4 is 33.2 Å². The Hall–Kier alpha value is -3.91. The van der Waals surface area contributed by atoms with Gasteiger partial charge in [-0.1, -0.05) is 52.3 Å². The lowest BCUT2D eigenvalue weighted by Crippen LogP contribution is -2.43. The molecule has 0 spiro atoms. The van der Waals surface area contributed by atoms with Crippen molar-refractivity contribution in [2.45, 2.75) is 25.3 Å². The van der Waals surface area contributed by atoms with Gasteiger partial charge in [0.2, 0.25) is 0 Å². The fourth-order valence-electron chi connectivity index (χ4n) is 4.96. The fraction of sp³-hybridized carbons (Fsp3) is 0.200. The Balaban J connectivity index is 1.57. The van der Waals surface area contributed by atoms with E-state index < -0.39 is 5.92 Å². The van der Waals surface area contributed by atoms with E-state index in [1.54, 1.807) is 36.7 Å². The van der Waals surface area contributed by atoms with E-state index in [4.69, 9.17) is 4.99 Å². The van der Waals surface area contributed by atoms with E-state index >= 15 is 0 Å². The molecule has 8 heteroatoms. The van der Waals surface area contributed by atoms with Crippen LogP contribution in [0, 0.1) is 5.82 Å². The Morgan fingerprint density at radius 3 is 2.71 bits per heavy atom. The largest absolute Gasteiger partial charge is 0.330 e. The van der Waals surface area contributed by atoms with Crippen LogP contribution in [0.2, 0.25) is 0 Å². The van der Waals surface area contributed by atoms with Gasteiger partial charge >= 0.3 is 0 Å². The molecule has 6 nitrogen and oxygen atoms in total. The van der Waals surface area contributed by atoms with Crippen molar-refractivity contribution < 1.29 is 9.18 Å². The minimum atomic E-state index is -0.465. The summed E-state index contributed by atoms with van der Waals surface area (Å²) in [6, 6.07) is 13.1. The summed E-state index contributed by atoms with van der Waals surface area (Å²) in [7, 11) is 1.85. The summed E-state index contributed by atoms with van der Waals surface area (Å²) >= 11 is 3.31. The molecule has 2 atom stereocenters. The van der Waals surface area contributed by atoms with E-state index in [-0.39, 0.29) is 17.8 Å². The third kappa shape index (κ3) is 4.96. The number of amides is 1. The zero-order valence-electron chi connectivity index (χ0n) is 21.2. The minimum absolute atomic E-state index is 0.0862. The number of hydrogen-bond acceptors (Lipinski definition) is 5. The molecular formula is C30H27BrFN5O. The molecule has 2 aromatic carbocycles. The Morgan fingerprint density at radius 2 is 1.97 bits per heavy atom. The van der Waals surface area contributed by atoms with Gasteiger partial charge in [-0.3, -0.25) is 4.79 Å². The lowest BCUT2D eigenvalue weighted by molar-refractivity contribution is -0.126. The smallest absolute Gasteiger partial charge is 0.273 e. The maximum atomic E-state index is 14.8. The molecule has 0 saturated heterocycles. The van der Waals surface area contributed by atoms with E-state index in [0.717, 1.165) is 23.2 Å². The highest BCUT2D eigenvalue weighted by atomic mass is 79.9. The molecule has 1 aromatic heterocycles. The number of benzene rings is 2. The maximum Gasteiger partial charge on any atom is 0.273 e. The van der Waals surface area contributed by atoms with E-state index in [1.807, 2.05) is 42.0 Å². The van der Waals surface area contributed by atoms with Crippen LogP contribution in [0.5, 0.6) is 0 Å². The monoisotopic (exact) mass is 571 g/mol. The lowest BCUT2D eigenvalue weighted by atomic mass is 9.93. The number of carbonyl (C=O) groups is 1. The number of rotatable bonds is 5. The normalized spacial score (nSPS) is 18.9. The summed E-state index contributed by atoms with van der Waals surface area (Å²) in [4.78, 5) is 30.7. The number of hydrogen-bond donors (Lipinski definition) is 0. The number of fused-ring (bicyclic) bond motifs is 1. The van der Waals surface area contributed by atoms with Crippen LogP contribution in [0.1, 0.15) is 41.1 Å². The van der Waals surface area contributed by atoms with Crippen LogP contribution in [-0.2, 0) is 11.2 Å². The van der Waals surface area contributed by atoms with Gasteiger partial charge in [-0.15, -0.1) is 6.58 Å². The summed E-state index contributed by atoms with van der Waals surface area (Å²) in [6.07, 6.45) is 10.9. The van der Waals surface area contributed by atoms with Crippen molar-refractivity contribution in [2.24, 2.45) is 4.99 Å². The molecule has 192 valence electrons. The SMILES string of the molecule is C=CC(/C=C1/N=C(C(=O)N2CCc3ccccc3[C@H]2C)C=C(c2cncnc2)N1C)c1ccc(Br)cc1F. The third-order valence-corrected chi connectivity index (χ3v) is 7.54. The highest BCUT2D eigenvalue weighted by Crippen LogP contribution is 2.33. The van der Waals surface area contributed by atoms with Gasteiger partial charge in [0, 0.05) is 41.9 Å². The second kappa shape index (κ2) is 10.8. The molecule has 0 bridgehead atoms. The van der Waals surface area contributed by atoms with Crippen molar-refractivity contribution in [2.75, 3.05) is 13.6 Å². The summed E-state index contributed by atoms with van der Waals surface area (Å²) in [6.45, 7) is 6.57. The van der Waals surface area contributed by atoms with Crippen LogP contribution in [0.3, 0.4) is 0 Å². The molecule has 0 saturated carbocycles. The summed E-state index contributed by atoms with van der Waals surface area (Å²) in [5.74, 6) is -0.474. The van der Waals surface area contributed by atoms with Crippen molar-refractivity contribution in [1.82, 2.24) is 19.8 Å². The fourth-order valence-corrected chi connectivity index (χ4v) is 5.29. The topological polar surface area (TPSA) is 61.7 Å². The van der Waals surface area contributed by atoms with Crippen LogP contribution >= 0.6 is 15.9 Å². The van der Waals surface area contributed by atoms with E-state index in [1.165, 1.54) is 18.0 Å². The molecule has 3 heterocycles. The van der Waals surface area contributed by atoms with Gasteiger partial charge < -0.3 is 9.80 Å². The second-order valence-electron chi connectivity index (χ2n) is 9.29. The van der Waals surface area contributed by atoms with Gasteiger partial charge in [-0.2, -0.15) is 0 Å². The molecule has 3 aromatic rings. The molecule has 1 amide bonds. The van der Waals surface area contributed by atoms with E-state index in [2.05, 4.69) is 44.6 Å². The Labute approximate surface area is 230 Å². The molecular weight excluding hydrogens is 545 g/mol. The number of allylic oxidation sites excluding steroid dienone is 2. The first-order valence-electron chi connectivity index (χ1n) is 12.3. The Kier molecular flexibility index (Phi) is 7.33. The van der Waals surface area contributed by atoms with Gasteiger partial charge in [0.25, 0.3) is 5.91 Å². The number of carbonyl (C=O) groups excluding carboxylic acids is 1. The van der Waals surface area contributed by atoms with Crippen molar-refractivity contribution in [3.63, 3.8) is 0 Å². The molecule has 0 aliphatic carbocycles. The van der Waals surface area contributed by atoms with Gasteiger partial charge in [-0.05, 0) is 54.3 Å². The van der Waals surface area contributed by atoms with Gasteiger partial charge in [-0.25, -0.2) is 19.4 Å². The van der Waals surface area contributed by atoms with E-state index in [0.29, 0.717) is 28.1 Å². The van der Waals surface area contributed by atoms with Crippen LogP contribution < -0.4 is 0 Å². The average Bonchev–Trinajstić information content (AvgIpc) is 2.93. The van der Waals surface area contributed by atoms with Crippen LogP contribution in [0.4, 0.5) is 4.39 Å². The third-order valence-electron chi connectivity index (χ3n) is 7.05. The summed E-state index contributed by atoms with van der Waals surface area (Å²) in [5, 5.41) is 0. The number of aromatic nitrogens is 2. The zero-order chi connectivity index (χ0) is 26.8. The molecule has 5 rings (SSSR count). The first-order valence-corrected chi connectivity index (χ1v) is 13.1. The summed E-state index contributed by atoms with van der Waals surface area (Å²) in [5.41, 5.74) is 4.64. The molecule has 38 heavy (non-hydrogen) atoms. The average molecular weight is 572 g/mol. The maximum absolute atomic E-state index is 14.8. The predicted octanol–water partition coefficient (Wildman–Crippen LogP) is 6.06. The molecule has 2 aliphatic heterocycles. The summed E-state index contributed by atoms with van der Waals surface area (Å²) < 4.78 is 15.5. The Bertz CT molecular complexity index is 1480. The second-order valence-corrected chi connectivity index (χ2v) is 10.2. The van der Waals surface area contributed by atoms with Crippen molar-refractivity contribution in [1.29, 1.82) is 0 Å². The quantitative estimate of drug-likeness (QED) is 0.349. The molecule has 0 fully saturated rings. The van der Waals surface area contributed by atoms with E-state index in [9.17, 15) is 9.18 Å². The number of nitrogens with zero attached hydrogens (tertiary/aromatic N) is 5. The van der Waals surface area contributed by atoms with Crippen molar-refractivity contribution in [3.05, 3.63) is 124 Å². The van der Waals surface area contributed by atoms with Crippen LogP contribution in [-0.4, -0.2) is 45.0 Å². The molecule has 0 radical (unpaired) electrons. The standard InChI is InChI=1S/C30H27BrFN5O/c1-4-20(25-10-9-23(31)14-26(25)32)13-29-35-27(15-28(36(29)3)22-16-33-18-34-17-22)30(38)37-12-11-21-7-5-6-8-24(21)19(37)2/h4-10,13-20H,1,11-12H2,2-3H3/b29-13-/t19-,20?/m1/s1. The predicted molar refractivity (Wildman–Crippen MR) is 151 cm³/mol. The van der Waals surface area contributed by atoms with Crippen LogP contribution in [0.25, 0.3) is 5.70 Å².